The summed E-state index contributed by atoms with van der Waals surface area (Å²) < 4.78 is 25.0. The van der Waals surface area contributed by atoms with Crippen LogP contribution >= 0.6 is 0 Å². The first-order valence-corrected chi connectivity index (χ1v) is 11.1. The van der Waals surface area contributed by atoms with Gasteiger partial charge in [-0.15, -0.1) is 0 Å². The van der Waals surface area contributed by atoms with E-state index in [-0.39, 0.29) is 12.4 Å². The Morgan fingerprint density at radius 1 is 1.03 bits per heavy atom. The fourth-order valence-corrected chi connectivity index (χ4v) is 4.69. The number of rotatable bonds is 7. The minimum atomic E-state index is -1.85. The highest BCUT2D eigenvalue weighted by Crippen LogP contribution is 2.41. The van der Waals surface area contributed by atoms with Crippen molar-refractivity contribution >= 4 is 11.9 Å². The SMILES string of the molecule is NC(=O)[C@@H]1CC[C@H](c2ccc(OCc3ccccc3F)cc2)N1[C@@H]1O[C@H](C(=O)O)C(O)[C@H](O)C1O. The summed E-state index contributed by atoms with van der Waals surface area (Å²) in [5.41, 5.74) is 6.68. The number of aliphatic carboxylic acids is 1. The molecule has 11 heteroatoms. The molecule has 6 N–H and O–H groups in total. The number of aliphatic hydroxyl groups excluding tert-OH is 3. The zero-order chi connectivity index (χ0) is 25.3. The third kappa shape index (κ3) is 5.00. The van der Waals surface area contributed by atoms with E-state index >= 15 is 0 Å². The number of carboxylic acids is 1. The summed E-state index contributed by atoms with van der Waals surface area (Å²) >= 11 is 0. The fraction of sp³-hybridized carbons (Fsp3) is 0.417. The molecule has 0 spiro atoms. The van der Waals surface area contributed by atoms with E-state index in [4.69, 9.17) is 15.2 Å². The molecular weight excluding hydrogens is 463 g/mol. The van der Waals surface area contributed by atoms with Gasteiger partial charge >= 0.3 is 5.97 Å². The molecule has 1 amide bonds. The van der Waals surface area contributed by atoms with Crippen LogP contribution < -0.4 is 10.5 Å². The van der Waals surface area contributed by atoms with Gasteiger partial charge in [-0.25, -0.2) is 9.18 Å². The molecule has 4 rings (SSSR count). The lowest BCUT2D eigenvalue weighted by Gasteiger charge is -2.45. The molecule has 2 heterocycles. The van der Waals surface area contributed by atoms with Gasteiger partial charge < -0.3 is 35.6 Å². The maximum Gasteiger partial charge on any atom is 0.335 e. The first-order chi connectivity index (χ1) is 16.7. The van der Waals surface area contributed by atoms with Gasteiger partial charge in [0.15, 0.2) is 6.10 Å². The zero-order valence-electron chi connectivity index (χ0n) is 18.6. The van der Waals surface area contributed by atoms with E-state index in [1.54, 1.807) is 42.5 Å². The van der Waals surface area contributed by atoms with Gasteiger partial charge in [-0.05, 0) is 36.6 Å². The first-order valence-electron chi connectivity index (χ1n) is 11.1. The molecule has 35 heavy (non-hydrogen) atoms. The van der Waals surface area contributed by atoms with Crippen LogP contribution in [-0.2, 0) is 20.9 Å². The second-order valence-corrected chi connectivity index (χ2v) is 8.66. The summed E-state index contributed by atoms with van der Waals surface area (Å²) in [7, 11) is 0. The summed E-state index contributed by atoms with van der Waals surface area (Å²) in [6.45, 7) is 0.0320. The van der Waals surface area contributed by atoms with Crippen LogP contribution in [0.1, 0.15) is 30.0 Å². The lowest BCUT2D eigenvalue weighted by Crippen LogP contribution is -2.65. The molecule has 0 aliphatic carbocycles. The average Bonchev–Trinajstić information content (AvgIpc) is 3.27. The fourth-order valence-electron chi connectivity index (χ4n) is 4.69. The third-order valence-electron chi connectivity index (χ3n) is 6.50. The molecule has 0 radical (unpaired) electrons. The number of ether oxygens (including phenoxy) is 2. The standard InChI is InChI=1S/C24H27FN2O8/c25-15-4-2-1-3-13(15)11-34-14-7-5-12(6-8-14)16-9-10-17(22(26)31)27(16)23-20(30)18(28)19(29)21(35-23)24(32)33/h1-8,16-21,23,28-30H,9-11H2,(H2,26,31)(H,32,33)/t16-,17+,18+,19?,20?,21+,23-/m1/s1. The van der Waals surface area contributed by atoms with Crippen LogP contribution in [0.15, 0.2) is 48.5 Å². The smallest absolute Gasteiger partial charge is 0.335 e. The molecule has 7 atom stereocenters. The molecule has 2 aromatic carbocycles. The van der Waals surface area contributed by atoms with Crippen molar-refractivity contribution in [3.8, 4) is 5.75 Å². The van der Waals surface area contributed by atoms with Gasteiger partial charge in [0.1, 0.15) is 42.7 Å². The molecule has 2 aliphatic heterocycles. The number of benzene rings is 2. The van der Waals surface area contributed by atoms with Crippen LogP contribution in [0, 0.1) is 5.82 Å². The second kappa shape index (κ2) is 10.3. The Morgan fingerprint density at radius 3 is 2.34 bits per heavy atom. The van der Waals surface area contributed by atoms with Crippen LogP contribution in [0.3, 0.4) is 0 Å². The summed E-state index contributed by atoms with van der Waals surface area (Å²) in [6.07, 6.45) is -7.80. The van der Waals surface area contributed by atoms with Crippen LogP contribution in [0.5, 0.6) is 5.75 Å². The monoisotopic (exact) mass is 490 g/mol. The summed E-state index contributed by atoms with van der Waals surface area (Å²) in [4.78, 5) is 25.2. The molecule has 0 aromatic heterocycles. The maximum atomic E-state index is 13.8. The number of nitrogens with two attached hydrogens (primary N) is 1. The highest BCUT2D eigenvalue weighted by Gasteiger charge is 2.53. The Hall–Kier alpha value is -3.09. The normalized spacial score (nSPS) is 31.3. The average molecular weight is 490 g/mol. The van der Waals surface area contributed by atoms with E-state index in [2.05, 4.69) is 0 Å². The minimum absolute atomic E-state index is 0.0320. The van der Waals surface area contributed by atoms with E-state index in [0.717, 1.165) is 0 Å². The van der Waals surface area contributed by atoms with Gasteiger partial charge in [-0.2, -0.15) is 0 Å². The van der Waals surface area contributed by atoms with E-state index < -0.39 is 54.6 Å². The summed E-state index contributed by atoms with van der Waals surface area (Å²) in [5, 5.41) is 40.3. The lowest BCUT2D eigenvalue weighted by molar-refractivity contribution is -0.265. The van der Waals surface area contributed by atoms with Gasteiger partial charge in [-0.3, -0.25) is 9.69 Å². The molecule has 0 bridgehead atoms. The van der Waals surface area contributed by atoms with Crippen molar-refractivity contribution in [3.63, 3.8) is 0 Å². The molecule has 188 valence electrons. The van der Waals surface area contributed by atoms with Gasteiger partial charge in [0.05, 0.1) is 6.04 Å². The topological polar surface area (TPSA) is 163 Å². The van der Waals surface area contributed by atoms with Crippen molar-refractivity contribution in [1.29, 1.82) is 0 Å². The number of carbonyl (C=O) groups is 2. The number of carbonyl (C=O) groups excluding carboxylic acids is 1. The number of amides is 1. The highest BCUT2D eigenvalue weighted by atomic mass is 19.1. The molecule has 2 aliphatic rings. The second-order valence-electron chi connectivity index (χ2n) is 8.66. The van der Waals surface area contributed by atoms with Crippen LogP contribution in [0.4, 0.5) is 4.39 Å². The number of carboxylic acid groups (broad SMARTS) is 1. The van der Waals surface area contributed by atoms with Gasteiger partial charge in [0.25, 0.3) is 0 Å². The van der Waals surface area contributed by atoms with E-state index in [1.807, 2.05) is 0 Å². The molecule has 2 fully saturated rings. The Labute approximate surface area is 200 Å². The number of likely N-dealkylation sites (tertiary alicyclic amines) is 1. The highest BCUT2D eigenvalue weighted by molar-refractivity contribution is 5.80. The lowest BCUT2D eigenvalue weighted by atomic mass is 9.96. The van der Waals surface area contributed by atoms with Crippen molar-refractivity contribution < 1.29 is 43.9 Å². The first kappa shape index (κ1) is 25.0. The van der Waals surface area contributed by atoms with Crippen LogP contribution in [-0.4, -0.2) is 73.9 Å². The Morgan fingerprint density at radius 2 is 1.71 bits per heavy atom. The number of hydrogen-bond acceptors (Lipinski definition) is 8. The summed E-state index contributed by atoms with van der Waals surface area (Å²) in [5.74, 6) is -2.11. The minimum Gasteiger partial charge on any atom is -0.489 e. The molecule has 2 saturated heterocycles. The number of aliphatic hydroxyl groups is 3. The van der Waals surface area contributed by atoms with Crippen LogP contribution in [0.25, 0.3) is 0 Å². The van der Waals surface area contributed by atoms with Gasteiger partial charge in [0, 0.05) is 11.6 Å². The van der Waals surface area contributed by atoms with Gasteiger partial charge in [-0.1, -0.05) is 30.3 Å². The van der Waals surface area contributed by atoms with E-state index in [9.17, 15) is 34.4 Å². The predicted molar refractivity (Wildman–Crippen MR) is 118 cm³/mol. The molecular formula is C24H27FN2O8. The number of halogens is 1. The van der Waals surface area contributed by atoms with E-state index in [1.165, 1.54) is 11.0 Å². The Kier molecular flexibility index (Phi) is 7.33. The van der Waals surface area contributed by atoms with Crippen molar-refractivity contribution in [2.75, 3.05) is 0 Å². The van der Waals surface area contributed by atoms with Crippen LogP contribution in [0.2, 0.25) is 0 Å². The quantitative estimate of drug-likeness (QED) is 0.367. The van der Waals surface area contributed by atoms with Crippen molar-refractivity contribution in [2.45, 2.75) is 62.2 Å². The number of nitrogens with zero attached hydrogens (tertiary/aromatic N) is 1. The molecule has 0 saturated carbocycles. The number of hydrogen-bond donors (Lipinski definition) is 5. The third-order valence-corrected chi connectivity index (χ3v) is 6.50. The van der Waals surface area contributed by atoms with E-state index in [0.29, 0.717) is 29.7 Å². The van der Waals surface area contributed by atoms with Crippen molar-refractivity contribution in [1.82, 2.24) is 4.90 Å². The van der Waals surface area contributed by atoms with Gasteiger partial charge in [0.2, 0.25) is 5.91 Å². The molecule has 2 aromatic rings. The summed E-state index contributed by atoms with van der Waals surface area (Å²) in [6, 6.07) is 11.7. The number of primary amides is 1. The maximum absolute atomic E-state index is 13.8. The van der Waals surface area contributed by atoms with Crippen molar-refractivity contribution in [3.05, 3.63) is 65.5 Å². The van der Waals surface area contributed by atoms with Crippen molar-refractivity contribution in [2.24, 2.45) is 5.73 Å². The predicted octanol–water partition coefficient (Wildman–Crippen LogP) is 0.288. The molecule has 2 unspecified atom stereocenters. The Bertz CT molecular complexity index is 1070. The zero-order valence-corrected chi connectivity index (χ0v) is 18.6. The Balaban J connectivity index is 1.55. The largest absolute Gasteiger partial charge is 0.489 e. The molecule has 10 nitrogen and oxygen atoms in total.